The Labute approximate surface area is 105 Å². The number of hydrogen-bond acceptors (Lipinski definition) is 2. The van der Waals surface area contributed by atoms with Gasteiger partial charge in [0.25, 0.3) is 0 Å². The van der Waals surface area contributed by atoms with Crippen LogP contribution in [0.5, 0.6) is 5.75 Å². The third kappa shape index (κ3) is 3.53. The molecule has 0 heterocycles. The van der Waals surface area contributed by atoms with Crippen molar-refractivity contribution in [2.45, 2.75) is 33.3 Å². The van der Waals surface area contributed by atoms with Crippen LogP contribution < -0.4 is 4.74 Å². The Kier molecular flexibility index (Phi) is 4.82. The molecule has 1 aromatic carbocycles. The summed E-state index contributed by atoms with van der Waals surface area (Å²) >= 11 is 3.35. The van der Waals surface area contributed by atoms with E-state index >= 15 is 0 Å². The van der Waals surface area contributed by atoms with Crippen LogP contribution in [-0.4, -0.2) is 6.10 Å². The standard InChI is InChI=1S/C13H16BrNO/c1-9(2)7-10(3)16-13-6-4-5-12(14)11(13)8-15/h4-6,9-10H,7H2,1-3H3. The van der Waals surface area contributed by atoms with E-state index < -0.39 is 0 Å². The molecule has 0 saturated heterocycles. The van der Waals surface area contributed by atoms with Gasteiger partial charge in [0.1, 0.15) is 17.4 Å². The topological polar surface area (TPSA) is 33.0 Å². The van der Waals surface area contributed by atoms with Crippen molar-refractivity contribution in [2.75, 3.05) is 0 Å². The highest BCUT2D eigenvalue weighted by atomic mass is 79.9. The Hall–Kier alpha value is -1.01. The van der Waals surface area contributed by atoms with E-state index in [4.69, 9.17) is 10.00 Å². The van der Waals surface area contributed by atoms with Gasteiger partial charge in [0.05, 0.1) is 6.10 Å². The molecule has 0 saturated carbocycles. The van der Waals surface area contributed by atoms with Gasteiger partial charge in [0, 0.05) is 4.47 Å². The maximum atomic E-state index is 9.03. The minimum Gasteiger partial charge on any atom is -0.489 e. The van der Waals surface area contributed by atoms with E-state index in [2.05, 4.69) is 35.8 Å². The van der Waals surface area contributed by atoms with Crippen molar-refractivity contribution in [3.8, 4) is 11.8 Å². The first-order valence-electron chi connectivity index (χ1n) is 5.39. The second kappa shape index (κ2) is 5.91. The predicted molar refractivity (Wildman–Crippen MR) is 68.4 cm³/mol. The molecule has 0 aromatic heterocycles. The number of ether oxygens (including phenoxy) is 1. The van der Waals surface area contributed by atoms with Crippen molar-refractivity contribution in [1.82, 2.24) is 0 Å². The van der Waals surface area contributed by atoms with Crippen LogP contribution in [0, 0.1) is 17.2 Å². The predicted octanol–water partition coefficient (Wildman–Crippen LogP) is 4.13. The van der Waals surface area contributed by atoms with E-state index in [-0.39, 0.29) is 6.10 Å². The van der Waals surface area contributed by atoms with Crippen LogP contribution in [0.25, 0.3) is 0 Å². The van der Waals surface area contributed by atoms with Crippen molar-refractivity contribution in [2.24, 2.45) is 5.92 Å². The van der Waals surface area contributed by atoms with Gasteiger partial charge in [-0.3, -0.25) is 0 Å². The summed E-state index contributed by atoms with van der Waals surface area (Å²) < 4.78 is 6.56. The van der Waals surface area contributed by atoms with E-state index in [1.807, 2.05) is 25.1 Å². The first-order chi connectivity index (χ1) is 7.54. The summed E-state index contributed by atoms with van der Waals surface area (Å²) in [6.07, 6.45) is 1.11. The van der Waals surface area contributed by atoms with Crippen LogP contribution in [0.2, 0.25) is 0 Å². The zero-order valence-electron chi connectivity index (χ0n) is 9.83. The number of halogens is 1. The van der Waals surface area contributed by atoms with E-state index in [0.29, 0.717) is 17.2 Å². The van der Waals surface area contributed by atoms with E-state index in [1.165, 1.54) is 0 Å². The minimum absolute atomic E-state index is 0.126. The van der Waals surface area contributed by atoms with Gasteiger partial charge in [0.15, 0.2) is 0 Å². The van der Waals surface area contributed by atoms with Gasteiger partial charge < -0.3 is 4.74 Å². The summed E-state index contributed by atoms with van der Waals surface area (Å²) in [6, 6.07) is 7.71. The quantitative estimate of drug-likeness (QED) is 0.831. The Balaban J connectivity index is 2.82. The Morgan fingerprint density at radius 2 is 2.06 bits per heavy atom. The molecule has 0 aliphatic carbocycles. The largest absolute Gasteiger partial charge is 0.489 e. The van der Waals surface area contributed by atoms with Crippen molar-refractivity contribution in [1.29, 1.82) is 5.26 Å². The monoisotopic (exact) mass is 281 g/mol. The van der Waals surface area contributed by atoms with Gasteiger partial charge in [-0.2, -0.15) is 5.26 Å². The van der Waals surface area contributed by atoms with Crippen LogP contribution >= 0.6 is 15.9 Å². The lowest BCUT2D eigenvalue weighted by Gasteiger charge is -2.17. The Bertz CT molecular complexity index is 395. The van der Waals surface area contributed by atoms with Crippen molar-refractivity contribution >= 4 is 15.9 Å². The molecule has 0 fully saturated rings. The molecular formula is C13H16BrNO. The van der Waals surface area contributed by atoms with Crippen LogP contribution in [0.15, 0.2) is 22.7 Å². The third-order valence-corrected chi connectivity index (χ3v) is 2.88. The SMILES string of the molecule is CC(C)CC(C)Oc1cccc(Br)c1C#N. The van der Waals surface area contributed by atoms with Crippen LogP contribution in [0.3, 0.4) is 0 Å². The van der Waals surface area contributed by atoms with Crippen LogP contribution in [0.4, 0.5) is 0 Å². The molecule has 1 atom stereocenters. The molecule has 0 radical (unpaired) electrons. The van der Waals surface area contributed by atoms with Crippen molar-refractivity contribution < 1.29 is 4.74 Å². The lowest BCUT2D eigenvalue weighted by molar-refractivity contribution is 0.192. The van der Waals surface area contributed by atoms with Gasteiger partial charge in [-0.15, -0.1) is 0 Å². The van der Waals surface area contributed by atoms with Gasteiger partial charge in [0.2, 0.25) is 0 Å². The maximum absolute atomic E-state index is 9.03. The number of rotatable bonds is 4. The zero-order valence-corrected chi connectivity index (χ0v) is 11.4. The fourth-order valence-electron chi connectivity index (χ4n) is 1.64. The fourth-order valence-corrected chi connectivity index (χ4v) is 2.08. The van der Waals surface area contributed by atoms with E-state index in [1.54, 1.807) is 0 Å². The molecule has 0 spiro atoms. The molecule has 0 aliphatic rings. The first-order valence-corrected chi connectivity index (χ1v) is 6.19. The number of nitrogens with zero attached hydrogens (tertiary/aromatic N) is 1. The smallest absolute Gasteiger partial charge is 0.138 e. The minimum atomic E-state index is 0.126. The van der Waals surface area contributed by atoms with Gasteiger partial charge in [-0.05, 0) is 47.3 Å². The molecule has 1 aromatic rings. The van der Waals surface area contributed by atoms with Gasteiger partial charge in [-0.1, -0.05) is 19.9 Å². The van der Waals surface area contributed by atoms with Crippen molar-refractivity contribution in [3.05, 3.63) is 28.2 Å². The molecule has 0 amide bonds. The number of nitriles is 1. The summed E-state index contributed by atoms with van der Waals surface area (Å²) in [5, 5.41) is 9.03. The molecule has 86 valence electrons. The second-order valence-corrected chi connectivity index (χ2v) is 5.14. The van der Waals surface area contributed by atoms with Crippen LogP contribution in [-0.2, 0) is 0 Å². The maximum Gasteiger partial charge on any atom is 0.138 e. The average molecular weight is 282 g/mol. The van der Waals surface area contributed by atoms with E-state index in [9.17, 15) is 0 Å². The van der Waals surface area contributed by atoms with E-state index in [0.717, 1.165) is 10.9 Å². The molecule has 1 unspecified atom stereocenters. The molecule has 0 bridgehead atoms. The lowest BCUT2D eigenvalue weighted by Crippen LogP contribution is -2.15. The molecule has 16 heavy (non-hydrogen) atoms. The van der Waals surface area contributed by atoms with Gasteiger partial charge in [-0.25, -0.2) is 0 Å². The molecular weight excluding hydrogens is 266 g/mol. The summed E-state index contributed by atoms with van der Waals surface area (Å²) in [5.41, 5.74) is 0.568. The lowest BCUT2D eigenvalue weighted by atomic mass is 10.1. The number of benzene rings is 1. The highest BCUT2D eigenvalue weighted by Gasteiger charge is 2.11. The summed E-state index contributed by atoms with van der Waals surface area (Å²) in [7, 11) is 0. The summed E-state index contributed by atoms with van der Waals surface area (Å²) in [6.45, 7) is 6.35. The third-order valence-electron chi connectivity index (χ3n) is 2.22. The molecule has 2 nitrogen and oxygen atoms in total. The molecule has 0 N–H and O–H groups in total. The molecule has 0 aliphatic heterocycles. The highest BCUT2D eigenvalue weighted by Crippen LogP contribution is 2.27. The highest BCUT2D eigenvalue weighted by molar-refractivity contribution is 9.10. The average Bonchev–Trinajstić information content (AvgIpc) is 2.16. The second-order valence-electron chi connectivity index (χ2n) is 4.28. The van der Waals surface area contributed by atoms with Gasteiger partial charge >= 0.3 is 0 Å². The zero-order chi connectivity index (χ0) is 12.1. The Morgan fingerprint density at radius 3 is 2.62 bits per heavy atom. The summed E-state index contributed by atoms with van der Waals surface area (Å²) in [5.74, 6) is 1.25. The molecule has 3 heteroatoms. The number of hydrogen-bond donors (Lipinski definition) is 0. The normalized spacial score (nSPS) is 12.2. The summed E-state index contributed by atoms with van der Waals surface area (Å²) in [4.78, 5) is 0. The molecule has 1 rings (SSSR count). The van der Waals surface area contributed by atoms with Crippen molar-refractivity contribution in [3.63, 3.8) is 0 Å². The van der Waals surface area contributed by atoms with Crippen LogP contribution in [0.1, 0.15) is 32.8 Å². The first kappa shape index (κ1) is 13.1. The fraction of sp³-hybridized carbons (Fsp3) is 0.462. The Morgan fingerprint density at radius 1 is 1.38 bits per heavy atom.